The number of carbonyl (C=O) groups excluding carboxylic acids is 1. The van der Waals surface area contributed by atoms with Crippen LogP contribution in [0.1, 0.15) is 33.6 Å². The predicted molar refractivity (Wildman–Crippen MR) is 189 cm³/mol. The van der Waals surface area contributed by atoms with Gasteiger partial charge in [-0.1, -0.05) is 93.6 Å². The molecule has 4 atom stereocenters. The molecule has 1 heterocycles. The molecule has 2 aliphatic rings. The first kappa shape index (κ1) is 37.7. The highest BCUT2D eigenvalue weighted by molar-refractivity contribution is 7.89. The molecule has 1 aliphatic heterocycles. The van der Waals surface area contributed by atoms with Crippen LogP contribution in [0.5, 0.6) is 0 Å². The van der Waals surface area contributed by atoms with Gasteiger partial charge in [-0.05, 0) is 39.7 Å². The van der Waals surface area contributed by atoms with Crippen LogP contribution in [0.15, 0.2) is 89.8 Å². The van der Waals surface area contributed by atoms with Crippen LogP contribution < -0.4 is 10.4 Å². The average Bonchev–Trinajstić information content (AvgIpc) is 3.57. The lowest BCUT2D eigenvalue weighted by Gasteiger charge is -2.45. The third-order valence-electron chi connectivity index (χ3n) is 10.3. The largest absolute Gasteiger partial charge is 0.406 e. The number of rotatable bonds is 15. The highest BCUT2D eigenvalue weighted by atomic mass is 32.2. The number of benzene rings is 3. The number of ether oxygens (including phenoxy) is 4. The van der Waals surface area contributed by atoms with Gasteiger partial charge < -0.3 is 23.4 Å². The molecule has 12 nitrogen and oxygen atoms in total. The smallest absolute Gasteiger partial charge is 0.289 e. The van der Waals surface area contributed by atoms with E-state index in [1.807, 2.05) is 60.7 Å². The summed E-state index contributed by atoms with van der Waals surface area (Å²) in [4.78, 5) is 25.8. The molecule has 1 saturated carbocycles. The summed E-state index contributed by atoms with van der Waals surface area (Å²) in [7, 11) is -3.41. The van der Waals surface area contributed by atoms with Crippen molar-refractivity contribution in [2.75, 3.05) is 41.3 Å². The summed E-state index contributed by atoms with van der Waals surface area (Å²) < 4.78 is 59.6. The number of hydrogen-bond acceptors (Lipinski definition) is 10. The molecule has 1 amide bonds. The van der Waals surface area contributed by atoms with Crippen LogP contribution in [0.25, 0.3) is 0 Å². The molecule has 2 fully saturated rings. The summed E-state index contributed by atoms with van der Waals surface area (Å²) in [6.45, 7) is 5.82. The van der Waals surface area contributed by atoms with Gasteiger partial charge in [0.15, 0.2) is 11.2 Å². The summed E-state index contributed by atoms with van der Waals surface area (Å²) >= 11 is 0. The first-order valence-electron chi connectivity index (χ1n) is 16.5. The zero-order valence-corrected chi connectivity index (χ0v) is 31.1. The lowest BCUT2D eigenvalue weighted by molar-refractivity contribution is -0.387. The zero-order valence-electron chi connectivity index (χ0n) is 29.3. The van der Waals surface area contributed by atoms with Crippen molar-refractivity contribution in [3.05, 3.63) is 95.0 Å². The van der Waals surface area contributed by atoms with Crippen LogP contribution in [0.3, 0.4) is 0 Å². The number of para-hydroxylation sites is 1. The van der Waals surface area contributed by atoms with Gasteiger partial charge in [0, 0.05) is 40.4 Å². The summed E-state index contributed by atoms with van der Waals surface area (Å²) in [5, 5.41) is 13.5. The van der Waals surface area contributed by atoms with Crippen molar-refractivity contribution >= 4 is 40.3 Å². The van der Waals surface area contributed by atoms with Crippen molar-refractivity contribution in [1.29, 1.82) is 0 Å². The summed E-state index contributed by atoms with van der Waals surface area (Å²) in [6.07, 6.45) is -0.721. The Morgan fingerprint density at radius 3 is 2.02 bits per heavy atom. The van der Waals surface area contributed by atoms with E-state index in [-0.39, 0.29) is 25.9 Å². The standard InChI is InChI=1S/C36H46N2O10SSi/c1-35(2,3)50(27-15-9-7-10-16-27,28-17-11-8-12-18-28)48-24-36-29(26(22-33(45-5)46-6)21-32(36)47-25-44-4)23-37(34(36)39)49(42,43)31-20-14-13-19-30(31)38(40)41/h7-20,26,29,32-33H,21-25H2,1-6H3/t26-,29+,32-,36+/m0/s1. The van der Waals surface area contributed by atoms with E-state index in [1.54, 1.807) is 0 Å². The van der Waals surface area contributed by atoms with E-state index in [0.29, 0.717) is 12.8 Å². The SMILES string of the molecule is COCO[C@H]1C[C@@H](CC(OC)OC)[C@H]2CN(S(=O)(=O)c3ccccc3[N+](=O)[O-])C(=O)[C@@]12CO[Si](c1ccccc1)(c1ccccc1)C(C)(C)C. The van der Waals surface area contributed by atoms with Gasteiger partial charge >= 0.3 is 0 Å². The number of nitro benzene ring substituents is 1. The molecule has 1 aliphatic carbocycles. The quantitative estimate of drug-likeness (QED) is 0.0962. The van der Waals surface area contributed by atoms with E-state index >= 15 is 4.79 Å². The second-order valence-electron chi connectivity index (χ2n) is 13.9. The first-order chi connectivity index (χ1) is 23.8. The van der Waals surface area contributed by atoms with Gasteiger partial charge in [0.1, 0.15) is 12.2 Å². The fourth-order valence-electron chi connectivity index (χ4n) is 7.98. The van der Waals surface area contributed by atoms with Crippen LogP contribution in [0.4, 0.5) is 5.69 Å². The van der Waals surface area contributed by atoms with Crippen LogP contribution in [-0.4, -0.2) is 85.5 Å². The van der Waals surface area contributed by atoms with Crippen LogP contribution in [0.2, 0.25) is 5.04 Å². The normalized spacial score (nSPS) is 22.7. The van der Waals surface area contributed by atoms with Gasteiger partial charge in [-0.2, -0.15) is 0 Å². The second-order valence-corrected chi connectivity index (χ2v) is 20.0. The summed E-state index contributed by atoms with van der Waals surface area (Å²) in [5.74, 6) is -1.64. The van der Waals surface area contributed by atoms with Gasteiger partial charge in [-0.15, -0.1) is 0 Å². The molecule has 0 unspecified atom stereocenters. The molecule has 50 heavy (non-hydrogen) atoms. The monoisotopic (exact) mass is 726 g/mol. The molecule has 5 rings (SSSR count). The van der Waals surface area contributed by atoms with E-state index in [2.05, 4.69) is 20.8 Å². The topological polar surface area (TPSA) is 144 Å². The number of nitro groups is 1. The molecule has 0 spiro atoms. The minimum Gasteiger partial charge on any atom is -0.406 e. The van der Waals surface area contributed by atoms with Gasteiger partial charge in [0.25, 0.3) is 24.0 Å². The molecule has 0 N–H and O–H groups in total. The predicted octanol–water partition coefficient (Wildman–Crippen LogP) is 4.32. The number of sulfonamides is 1. The molecule has 270 valence electrons. The maximum absolute atomic E-state index is 15.1. The molecule has 0 bridgehead atoms. The van der Waals surface area contributed by atoms with Crippen molar-refractivity contribution in [2.45, 2.75) is 55.9 Å². The van der Waals surface area contributed by atoms with Gasteiger partial charge in [-0.25, -0.2) is 12.7 Å². The zero-order chi connectivity index (χ0) is 36.3. The first-order valence-corrected chi connectivity index (χ1v) is 19.9. The third-order valence-corrected chi connectivity index (χ3v) is 17.1. The third kappa shape index (κ3) is 6.54. The fraction of sp³-hybridized carbons (Fsp3) is 0.472. The Balaban J connectivity index is 1.70. The van der Waals surface area contributed by atoms with Crippen LogP contribution >= 0.6 is 0 Å². The highest BCUT2D eigenvalue weighted by Crippen LogP contribution is 2.57. The minimum absolute atomic E-state index is 0.146. The molecule has 3 aromatic carbocycles. The molecular formula is C36H46N2O10SSi. The fourth-order valence-corrected chi connectivity index (χ4v) is 14.2. The Morgan fingerprint density at radius 2 is 1.50 bits per heavy atom. The van der Waals surface area contributed by atoms with Crippen molar-refractivity contribution in [3.63, 3.8) is 0 Å². The summed E-state index contributed by atoms with van der Waals surface area (Å²) in [5.41, 5.74) is -2.11. The number of amides is 1. The number of hydrogen-bond donors (Lipinski definition) is 0. The number of fused-ring (bicyclic) bond motifs is 1. The lowest BCUT2D eigenvalue weighted by atomic mass is 9.76. The molecule has 0 radical (unpaired) electrons. The Labute approximate surface area is 295 Å². The molecule has 14 heteroatoms. The summed E-state index contributed by atoms with van der Waals surface area (Å²) in [6, 6.07) is 25.0. The van der Waals surface area contributed by atoms with Crippen molar-refractivity contribution in [3.8, 4) is 0 Å². The molecular weight excluding hydrogens is 681 g/mol. The Kier molecular flexibility index (Phi) is 11.3. The number of carbonyl (C=O) groups is 1. The molecule has 1 saturated heterocycles. The Morgan fingerprint density at radius 1 is 0.940 bits per heavy atom. The van der Waals surface area contributed by atoms with Crippen molar-refractivity contribution in [2.24, 2.45) is 17.3 Å². The average molecular weight is 727 g/mol. The van der Waals surface area contributed by atoms with E-state index in [1.165, 1.54) is 33.5 Å². The maximum Gasteiger partial charge on any atom is 0.289 e. The maximum atomic E-state index is 15.1. The van der Waals surface area contributed by atoms with Crippen molar-refractivity contribution in [1.82, 2.24) is 4.31 Å². The van der Waals surface area contributed by atoms with E-state index in [0.717, 1.165) is 26.8 Å². The molecule has 0 aromatic heterocycles. The number of methoxy groups -OCH3 is 3. The van der Waals surface area contributed by atoms with E-state index in [9.17, 15) is 18.5 Å². The van der Waals surface area contributed by atoms with E-state index in [4.69, 9.17) is 23.4 Å². The second kappa shape index (κ2) is 15.0. The van der Waals surface area contributed by atoms with Gasteiger partial charge in [0.05, 0.1) is 17.6 Å². The van der Waals surface area contributed by atoms with Crippen LogP contribution in [-0.2, 0) is 38.2 Å². The van der Waals surface area contributed by atoms with Crippen molar-refractivity contribution < 1.29 is 41.5 Å². The van der Waals surface area contributed by atoms with Gasteiger partial charge in [0.2, 0.25) is 5.91 Å². The highest BCUT2D eigenvalue weighted by Gasteiger charge is 2.69. The lowest BCUT2D eigenvalue weighted by Crippen LogP contribution is -2.68. The van der Waals surface area contributed by atoms with Gasteiger partial charge in [-0.3, -0.25) is 14.9 Å². The Hall–Kier alpha value is -3.50. The molecule has 3 aromatic rings. The van der Waals surface area contributed by atoms with E-state index < -0.39 is 68.5 Å². The minimum atomic E-state index is -4.69. The Bertz CT molecular complexity index is 1710. The number of nitrogens with zero attached hydrogens (tertiary/aromatic N) is 2. The van der Waals surface area contributed by atoms with Crippen LogP contribution in [0, 0.1) is 27.4 Å².